The number of fused-ring (bicyclic) bond motifs is 2. The summed E-state index contributed by atoms with van der Waals surface area (Å²) in [5.41, 5.74) is 0.971. The minimum Gasteiger partial charge on any atom is -0.335 e. The summed E-state index contributed by atoms with van der Waals surface area (Å²) < 4.78 is 26.5. The van der Waals surface area contributed by atoms with Gasteiger partial charge in [-0.3, -0.25) is 0 Å². The number of urea groups is 1. The molecule has 1 aromatic carbocycles. The molecule has 0 saturated heterocycles. The molecule has 126 valence electrons. The highest BCUT2D eigenvalue weighted by atomic mass is 32.2. The third kappa shape index (κ3) is 3.52. The Balaban J connectivity index is 1.59. The normalized spacial score (nSPS) is 27.7. The Morgan fingerprint density at radius 1 is 1.17 bits per heavy atom. The first-order chi connectivity index (χ1) is 10.8. The molecular weight excluding hydrogens is 312 g/mol. The molecule has 0 spiro atoms. The van der Waals surface area contributed by atoms with Crippen molar-refractivity contribution in [3.63, 3.8) is 0 Å². The summed E-state index contributed by atoms with van der Waals surface area (Å²) in [6.45, 7) is 3.86. The van der Waals surface area contributed by atoms with Gasteiger partial charge in [0, 0.05) is 6.04 Å². The van der Waals surface area contributed by atoms with Gasteiger partial charge >= 0.3 is 6.03 Å². The predicted molar refractivity (Wildman–Crippen MR) is 88.4 cm³/mol. The molecular formula is C17H24N2O3S. The number of hydrogen-bond donors (Lipinski definition) is 2. The standard InChI is InChI=1S/C17H24N2O3S/c1-11-3-7-15(8-4-11)23(21,22)19-17(20)18-12(2)16-10-13-5-6-14(16)9-13/h3-4,7-8,12-14,16H,5-6,9-10H2,1-2H3,(H2,18,19,20)/t12-,13-,14-,16+/m0/s1. The monoisotopic (exact) mass is 336 g/mol. The minimum absolute atomic E-state index is 0.00137. The SMILES string of the molecule is Cc1ccc(S(=O)(=O)NC(=O)N[C@@H](C)[C@H]2C[C@H]3CC[C@H]2C3)cc1. The van der Waals surface area contributed by atoms with Crippen LogP contribution >= 0.6 is 0 Å². The maximum absolute atomic E-state index is 12.2. The lowest BCUT2D eigenvalue weighted by molar-refractivity contribution is 0.224. The molecule has 2 aliphatic carbocycles. The van der Waals surface area contributed by atoms with Crippen molar-refractivity contribution in [3.8, 4) is 0 Å². The quantitative estimate of drug-likeness (QED) is 0.888. The van der Waals surface area contributed by atoms with Gasteiger partial charge in [-0.05, 0) is 63.0 Å². The van der Waals surface area contributed by atoms with E-state index in [0.717, 1.165) is 17.9 Å². The summed E-state index contributed by atoms with van der Waals surface area (Å²) in [5.74, 6) is 1.96. The summed E-state index contributed by atoms with van der Waals surface area (Å²) in [6.07, 6.45) is 4.96. The topological polar surface area (TPSA) is 75.3 Å². The number of rotatable bonds is 4. The average Bonchev–Trinajstić information content (AvgIpc) is 3.09. The van der Waals surface area contributed by atoms with Crippen LogP contribution < -0.4 is 10.0 Å². The van der Waals surface area contributed by atoms with Crippen LogP contribution in [0.5, 0.6) is 0 Å². The van der Waals surface area contributed by atoms with Crippen molar-refractivity contribution in [2.45, 2.75) is 50.5 Å². The summed E-state index contributed by atoms with van der Waals surface area (Å²) in [6, 6.07) is 5.79. The van der Waals surface area contributed by atoms with Gasteiger partial charge in [-0.15, -0.1) is 0 Å². The number of aryl methyl sites for hydroxylation is 1. The Labute approximate surface area is 137 Å². The molecule has 0 aromatic heterocycles. The highest BCUT2D eigenvalue weighted by Gasteiger charge is 2.42. The lowest BCUT2D eigenvalue weighted by atomic mass is 9.84. The minimum atomic E-state index is -3.82. The number of hydrogen-bond acceptors (Lipinski definition) is 3. The zero-order valence-electron chi connectivity index (χ0n) is 13.6. The molecule has 0 unspecified atom stereocenters. The summed E-state index contributed by atoms with van der Waals surface area (Å²) in [4.78, 5) is 12.2. The van der Waals surface area contributed by atoms with Gasteiger partial charge in [-0.1, -0.05) is 24.1 Å². The molecule has 2 saturated carbocycles. The van der Waals surface area contributed by atoms with E-state index in [9.17, 15) is 13.2 Å². The first kappa shape index (κ1) is 16.3. The van der Waals surface area contributed by atoms with E-state index >= 15 is 0 Å². The number of carbonyl (C=O) groups excluding carboxylic acids is 1. The average molecular weight is 336 g/mol. The van der Waals surface area contributed by atoms with Gasteiger partial charge < -0.3 is 5.32 Å². The molecule has 0 radical (unpaired) electrons. The molecule has 2 amide bonds. The zero-order valence-corrected chi connectivity index (χ0v) is 14.4. The number of carbonyl (C=O) groups is 1. The van der Waals surface area contributed by atoms with E-state index in [0.29, 0.717) is 11.8 Å². The van der Waals surface area contributed by atoms with E-state index in [2.05, 4.69) is 10.0 Å². The number of sulfonamides is 1. The zero-order chi connectivity index (χ0) is 16.6. The maximum atomic E-state index is 12.2. The molecule has 6 heteroatoms. The molecule has 2 N–H and O–H groups in total. The van der Waals surface area contributed by atoms with Gasteiger partial charge in [0.25, 0.3) is 10.0 Å². The Morgan fingerprint density at radius 2 is 1.87 bits per heavy atom. The largest absolute Gasteiger partial charge is 0.335 e. The third-order valence-electron chi connectivity index (χ3n) is 5.35. The summed E-state index contributed by atoms with van der Waals surface area (Å²) in [7, 11) is -3.82. The van der Waals surface area contributed by atoms with Crippen molar-refractivity contribution in [3.05, 3.63) is 29.8 Å². The van der Waals surface area contributed by atoms with E-state index in [1.807, 2.05) is 13.8 Å². The highest BCUT2D eigenvalue weighted by Crippen LogP contribution is 2.49. The lowest BCUT2D eigenvalue weighted by Gasteiger charge is -2.28. The second kappa shape index (κ2) is 6.15. The Morgan fingerprint density at radius 3 is 2.43 bits per heavy atom. The summed E-state index contributed by atoms with van der Waals surface area (Å²) in [5, 5.41) is 2.81. The van der Waals surface area contributed by atoms with Crippen LogP contribution in [0.2, 0.25) is 0 Å². The van der Waals surface area contributed by atoms with Gasteiger partial charge in [-0.2, -0.15) is 0 Å². The fourth-order valence-corrected chi connectivity index (χ4v) is 5.06. The molecule has 5 nitrogen and oxygen atoms in total. The highest BCUT2D eigenvalue weighted by molar-refractivity contribution is 7.90. The lowest BCUT2D eigenvalue weighted by Crippen LogP contribution is -2.46. The Kier molecular flexibility index (Phi) is 4.36. The van der Waals surface area contributed by atoms with Gasteiger partial charge in [0.1, 0.15) is 0 Å². The van der Waals surface area contributed by atoms with Crippen molar-refractivity contribution in [2.24, 2.45) is 17.8 Å². The molecule has 0 heterocycles. The Bertz CT molecular complexity index is 684. The van der Waals surface area contributed by atoms with Crippen LogP contribution in [0, 0.1) is 24.7 Å². The molecule has 2 aliphatic rings. The maximum Gasteiger partial charge on any atom is 0.328 e. The van der Waals surface area contributed by atoms with E-state index < -0.39 is 16.1 Å². The van der Waals surface area contributed by atoms with E-state index in [1.165, 1.54) is 31.4 Å². The number of amides is 2. The van der Waals surface area contributed by atoms with Gasteiger partial charge in [0.05, 0.1) is 4.90 Å². The van der Waals surface area contributed by atoms with Crippen LogP contribution in [0.1, 0.15) is 38.2 Å². The van der Waals surface area contributed by atoms with Crippen molar-refractivity contribution in [1.29, 1.82) is 0 Å². The van der Waals surface area contributed by atoms with Crippen molar-refractivity contribution in [1.82, 2.24) is 10.0 Å². The van der Waals surface area contributed by atoms with Crippen LogP contribution in [0.4, 0.5) is 4.79 Å². The van der Waals surface area contributed by atoms with Gasteiger partial charge in [-0.25, -0.2) is 17.9 Å². The van der Waals surface area contributed by atoms with Crippen LogP contribution in [0.3, 0.4) is 0 Å². The van der Waals surface area contributed by atoms with Crippen LogP contribution in [-0.4, -0.2) is 20.5 Å². The van der Waals surface area contributed by atoms with Crippen molar-refractivity contribution < 1.29 is 13.2 Å². The molecule has 23 heavy (non-hydrogen) atoms. The second-order valence-corrected chi connectivity index (χ2v) is 8.70. The molecule has 2 bridgehead atoms. The molecule has 3 rings (SSSR count). The van der Waals surface area contributed by atoms with E-state index in [1.54, 1.807) is 12.1 Å². The van der Waals surface area contributed by atoms with Crippen LogP contribution in [0.25, 0.3) is 0 Å². The first-order valence-electron chi connectivity index (χ1n) is 8.25. The Hall–Kier alpha value is -1.56. The van der Waals surface area contributed by atoms with Gasteiger partial charge in [0.2, 0.25) is 0 Å². The third-order valence-corrected chi connectivity index (χ3v) is 6.70. The van der Waals surface area contributed by atoms with Crippen molar-refractivity contribution in [2.75, 3.05) is 0 Å². The van der Waals surface area contributed by atoms with Gasteiger partial charge in [0.15, 0.2) is 0 Å². The van der Waals surface area contributed by atoms with Crippen LogP contribution in [-0.2, 0) is 10.0 Å². The molecule has 0 aliphatic heterocycles. The number of benzene rings is 1. The van der Waals surface area contributed by atoms with E-state index in [4.69, 9.17) is 0 Å². The summed E-state index contributed by atoms with van der Waals surface area (Å²) >= 11 is 0. The van der Waals surface area contributed by atoms with E-state index in [-0.39, 0.29) is 10.9 Å². The predicted octanol–water partition coefficient (Wildman–Crippen LogP) is 2.81. The first-order valence-corrected chi connectivity index (χ1v) is 9.73. The molecule has 4 atom stereocenters. The molecule has 2 fully saturated rings. The fraction of sp³-hybridized carbons (Fsp3) is 0.588. The second-order valence-electron chi connectivity index (χ2n) is 7.02. The molecule has 1 aromatic rings. The smallest absolute Gasteiger partial charge is 0.328 e. The fourth-order valence-electron chi connectivity index (χ4n) is 4.15. The van der Waals surface area contributed by atoms with Crippen LogP contribution in [0.15, 0.2) is 29.2 Å². The number of nitrogens with one attached hydrogen (secondary N) is 2. The van der Waals surface area contributed by atoms with Crippen molar-refractivity contribution >= 4 is 16.1 Å².